The molecule has 8 heteroatoms. The SMILES string of the molecule is Cc1cccc(N2CCN(CCNC(=O)c3ccc(SC(F)(F)F)cc3)CC2)c1. The Kier molecular flexibility index (Phi) is 7.08. The molecule has 1 fully saturated rings. The molecule has 1 N–H and O–H groups in total. The lowest BCUT2D eigenvalue weighted by molar-refractivity contribution is -0.0328. The van der Waals surface area contributed by atoms with Crippen molar-refractivity contribution in [1.29, 1.82) is 0 Å². The number of alkyl halides is 3. The van der Waals surface area contributed by atoms with Crippen molar-refractivity contribution >= 4 is 23.4 Å². The van der Waals surface area contributed by atoms with Gasteiger partial charge in [-0.25, -0.2) is 0 Å². The van der Waals surface area contributed by atoms with E-state index >= 15 is 0 Å². The van der Waals surface area contributed by atoms with Crippen LogP contribution in [0.1, 0.15) is 15.9 Å². The number of halogens is 3. The van der Waals surface area contributed by atoms with Crippen molar-refractivity contribution in [1.82, 2.24) is 10.2 Å². The Balaban J connectivity index is 1.40. The van der Waals surface area contributed by atoms with Gasteiger partial charge in [0.2, 0.25) is 0 Å². The third kappa shape index (κ3) is 6.68. The molecule has 0 atom stereocenters. The summed E-state index contributed by atoms with van der Waals surface area (Å²) in [5.41, 5.74) is -1.48. The number of carbonyl (C=O) groups excluding carboxylic acids is 1. The summed E-state index contributed by atoms with van der Waals surface area (Å²) in [6, 6.07) is 13.9. The second-order valence-corrected chi connectivity index (χ2v) is 8.13. The van der Waals surface area contributed by atoms with Crippen molar-refractivity contribution in [2.45, 2.75) is 17.3 Å². The molecular weight excluding hydrogens is 399 g/mol. The lowest BCUT2D eigenvalue weighted by Gasteiger charge is -2.36. The minimum Gasteiger partial charge on any atom is -0.369 e. The van der Waals surface area contributed by atoms with Crippen LogP contribution in [-0.2, 0) is 0 Å². The molecule has 2 aromatic rings. The molecule has 1 heterocycles. The quantitative estimate of drug-likeness (QED) is 0.708. The molecule has 29 heavy (non-hydrogen) atoms. The maximum Gasteiger partial charge on any atom is 0.446 e. The van der Waals surface area contributed by atoms with E-state index in [4.69, 9.17) is 0 Å². The third-order valence-electron chi connectivity index (χ3n) is 4.80. The number of nitrogens with one attached hydrogen (secondary N) is 1. The first-order chi connectivity index (χ1) is 13.8. The third-order valence-corrected chi connectivity index (χ3v) is 5.54. The van der Waals surface area contributed by atoms with Crippen LogP contribution in [0.15, 0.2) is 53.4 Å². The molecule has 2 aromatic carbocycles. The number of amides is 1. The smallest absolute Gasteiger partial charge is 0.369 e. The predicted octanol–water partition coefficient (Wildman–Crippen LogP) is 4.16. The van der Waals surface area contributed by atoms with E-state index in [0.29, 0.717) is 12.1 Å². The largest absolute Gasteiger partial charge is 0.446 e. The molecule has 1 aliphatic rings. The summed E-state index contributed by atoms with van der Waals surface area (Å²) < 4.78 is 37.1. The molecule has 0 unspecified atom stereocenters. The number of anilines is 1. The average Bonchev–Trinajstić information content (AvgIpc) is 2.68. The van der Waals surface area contributed by atoms with E-state index in [1.165, 1.54) is 35.5 Å². The van der Waals surface area contributed by atoms with Gasteiger partial charge >= 0.3 is 5.51 Å². The van der Waals surface area contributed by atoms with E-state index in [9.17, 15) is 18.0 Å². The van der Waals surface area contributed by atoms with Crippen LogP contribution < -0.4 is 10.2 Å². The van der Waals surface area contributed by atoms with E-state index < -0.39 is 5.51 Å². The van der Waals surface area contributed by atoms with Crippen molar-refractivity contribution < 1.29 is 18.0 Å². The first-order valence-electron chi connectivity index (χ1n) is 9.48. The van der Waals surface area contributed by atoms with Crippen LogP contribution in [0.2, 0.25) is 0 Å². The molecule has 0 radical (unpaired) electrons. The zero-order valence-electron chi connectivity index (χ0n) is 16.2. The van der Waals surface area contributed by atoms with Crippen LogP contribution in [0.3, 0.4) is 0 Å². The number of thioether (sulfide) groups is 1. The zero-order chi connectivity index (χ0) is 20.9. The van der Waals surface area contributed by atoms with Crippen LogP contribution in [0.25, 0.3) is 0 Å². The lowest BCUT2D eigenvalue weighted by atomic mass is 10.2. The van der Waals surface area contributed by atoms with Gasteiger partial charge in [0.25, 0.3) is 5.91 Å². The minimum absolute atomic E-state index is 0.0699. The summed E-state index contributed by atoms with van der Waals surface area (Å²) in [6.45, 7) is 7.06. The summed E-state index contributed by atoms with van der Waals surface area (Å²) >= 11 is -0.185. The van der Waals surface area contributed by atoms with Gasteiger partial charge in [0.1, 0.15) is 0 Å². The number of carbonyl (C=O) groups is 1. The fourth-order valence-electron chi connectivity index (χ4n) is 3.29. The maximum absolute atomic E-state index is 12.4. The van der Waals surface area contributed by atoms with Crippen LogP contribution in [-0.4, -0.2) is 55.6 Å². The van der Waals surface area contributed by atoms with Crippen molar-refractivity contribution in [2.75, 3.05) is 44.2 Å². The molecule has 1 amide bonds. The summed E-state index contributed by atoms with van der Waals surface area (Å²) in [5, 5.41) is 2.84. The summed E-state index contributed by atoms with van der Waals surface area (Å²) in [7, 11) is 0. The van der Waals surface area contributed by atoms with Crippen molar-refractivity contribution in [2.24, 2.45) is 0 Å². The predicted molar refractivity (Wildman–Crippen MR) is 111 cm³/mol. The molecule has 156 valence electrons. The van der Waals surface area contributed by atoms with E-state index in [0.717, 1.165) is 32.7 Å². The number of benzene rings is 2. The second kappa shape index (κ2) is 9.54. The molecule has 1 aliphatic heterocycles. The molecule has 1 saturated heterocycles. The molecule has 4 nitrogen and oxygen atoms in total. The van der Waals surface area contributed by atoms with Gasteiger partial charge in [0, 0.05) is 55.4 Å². The van der Waals surface area contributed by atoms with E-state index in [-0.39, 0.29) is 22.6 Å². The fraction of sp³-hybridized carbons (Fsp3) is 0.381. The standard InChI is InChI=1S/C21H24F3N3OS/c1-16-3-2-4-18(15-16)27-13-11-26(12-14-27)10-9-25-20(28)17-5-7-19(8-6-17)29-21(22,23)24/h2-8,15H,9-14H2,1H3,(H,25,28). The Morgan fingerprint density at radius 3 is 2.38 bits per heavy atom. The summed E-state index contributed by atoms with van der Waals surface area (Å²) in [4.78, 5) is 16.9. The van der Waals surface area contributed by atoms with E-state index in [1.807, 2.05) is 0 Å². The Bertz CT molecular complexity index is 819. The van der Waals surface area contributed by atoms with Crippen LogP contribution in [0, 0.1) is 6.92 Å². The highest BCUT2D eigenvalue weighted by molar-refractivity contribution is 8.00. The number of aryl methyl sites for hydroxylation is 1. The van der Waals surface area contributed by atoms with Crippen LogP contribution in [0.4, 0.5) is 18.9 Å². The highest BCUT2D eigenvalue weighted by atomic mass is 32.2. The Morgan fingerprint density at radius 1 is 1.07 bits per heavy atom. The lowest BCUT2D eigenvalue weighted by Crippen LogP contribution is -2.48. The average molecular weight is 424 g/mol. The van der Waals surface area contributed by atoms with E-state index in [1.54, 1.807) is 0 Å². The van der Waals surface area contributed by atoms with Gasteiger partial charge in [-0.3, -0.25) is 9.69 Å². The molecular formula is C21H24F3N3OS. The van der Waals surface area contributed by atoms with Crippen molar-refractivity contribution in [3.8, 4) is 0 Å². The number of hydrogen-bond acceptors (Lipinski definition) is 4. The highest BCUT2D eigenvalue weighted by Crippen LogP contribution is 2.36. The minimum atomic E-state index is -4.33. The fourth-order valence-corrected chi connectivity index (χ4v) is 3.83. The van der Waals surface area contributed by atoms with Crippen LogP contribution >= 0.6 is 11.8 Å². The topological polar surface area (TPSA) is 35.6 Å². The molecule has 0 spiro atoms. The van der Waals surface area contributed by atoms with E-state index in [2.05, 4.69) is 46.3 Å². The maximum atomic E-state index is 12.4. The van der Waals surface area contributed by atoms with Crippen molar-refractivity contribution in [3.05, 3.63) is 59.7 Å². The van der Waals surface area contributed by atoms with Gasteiger partial charge in [0.15, 0.2) is 0 Å². The second-order valence-electron chi connectivity index (χ2n) is 7.00. The van der Waals surface area contributed by atoms with Gasteiger partial charge in [-0.15, -0.1) is 0 Å². The molecule has 0 aromatic heterocycles. The number of piperazine rings is 1. The molecule has 0 bridgehead atoms. The monoisotopic (exact) mass is 423 g/mol. The molecule has 0 aliphatic carbocycles. The van der Waals surface area contributed by atoms with Gasteiger partial charge in [-0.05, 0) is 60.6 Å². The Hall–Kier alpha value is -2.19. The van der Waals surface area contributed by atoms with Crippen LogP contribution in [0.5, 0.6) is 0 Å². The number of rotatable bonds is 6. The summed E-state index contributed by atoms with van der Waals surface area (Å²) in [5.74, 6) is -0.271. The summed E-state index contributed by atoms with van der Waals surface area (Å²) in [6.07, 6.45) is 0. The highest BCUT2D eigenvalue weighted by Gasteiger charge is 2.29. The number of nitrogens with zero attached hydrogens (tertiary/aromatic N) is 2. The normalized spacial score (nSPS) is 15.4. The molecule has 3 rings (SSSR count). The Labute approximate surface area is 173 Å². The zero-order valence-corrected chi connectivity index (χ0v) is 17.0. The van der Waals surface area contributed by atoms with Gasteiger partial charge in [-0.2, -0.15) is 13.2 Å². The van der Waals surface area contributed by atoms with Gasteiger partial charge in [0.05, 0.1) is 0 Å². The Morgan fingerprint density at radius 2 is 1.76 bits per heavy atom. The first-order valence-corrected chi connectivity index (χ1v) is 10.3. The van der Waals surface area contributed by atoms with Crippen molar-refractivity contribution in [3.63, 3.8) is 0 Å². The number of hydrogen-bond donors (Lipinski definition) is 1. The first kappa shape index (κ1) is 21.5. The molecule has 0 saturated carbocycles. The van der Waals surface area contributed by atoms with Gasteiger partial charge < -0.3 is 10.2 Å². The van der Waals surface area contributed by atoms with Gasteiger partial charge in [-0.1, -0.05) is 12.1 Å².